The molecule has 354 valence electrons. The van der Waals surface area contributed by atoms with Gasteiger partial charge in [0.2, 0.25) is 0 Å². The van der Waals surface area contributed by atoms with Crippen molar-refractivity contribution in [2.75, 3.05) is 41.7 Å². The van der Waals surface area contributed by atoms with Crippen LogP contribution in [0, 0.1) is 0 Å². The Balaban J connectivity index is 0.964. The Morgan fingerprint density at radius 2 is 0.559 bits per heavy atom. The van der Waals surface area contributed by atoms with E-state index in [0.29, 0.717) is 59.2 Å². The second kappa shape index (κ2) is 25.6. The van der Waals surface area contributed by atoms with E-state index in [9.17, 15) is 19.2 Å². The van der Waals surface area contributed by atoms with Crippen molar-refractivity contribution in [1.29, 1.82) is 0 Å². The molecule has 0 amide bonds. The second-order valence-corrected chi connectivity index (χ2v) is 15.2. The highest BCUT2D eigenvalue weighted by Gasteiger charge is 2.21. The van der Waals surface area contributed by atoms with E-state index in [1.165, 1.54) is 36.4 Å². The minimum absolute atomic E-state index is 0.162. The molecule has 0 aliphatic heterocycles. The Morgan fingerprint density at radius 3 is 0.838 bits per heavy atom. The van der Waals surface area contributed by atoms with Gasteiger partial charge >= 0.3 is 23.9 Å². The molecule has 0 atom stereocenters. The van der Waals surface area contributed by atoms with Crippen molar-refractivity contribution in [1.82, 2.24) is 0 Å². The number of carbonyl (C=O) groups excluding carboxylic acids is 4. The van der Waals surface area contributed by atoms with Gasteiger partial charge in [-0.1, -0.05) is 38.5 Å². The van der Waals surface area contributed by atoms with Crippen molar-refractivity contribution >= 4 is 23.9 Å². The molecule has 0 aliphatic rings. The smallest absolute Gasteiger partial charge is 0.347 e. The summed E-state index contributed by atoms with van der Waals surface area (Å²) in [6, 6.07) is 35.4. The van der Waals surface area contributed by atoms with Crippen LogP contribution < -0.4 is 47.4 Å². The van der Waals surface area contributed by atoms with Crippen LogP contribution in [0.2, 0.25) is 0 Å². The average molecular weight is 927 g/mol. The summed E-state index contributed by atoms with van der Waals surface area (Å²) in [7, 11) is 6.20. The Bertz CT molecular complexity index is 2390. The molecule has 6 aromatic carbocycles. The van der Waals surface area contributed by atoms with Gasteiger partial charge in [-0.25, -0.2) is 19.2 Å². The molecule has 68 heavy (non-hydrogen) atoms. The number of rotatable bonds is 25. The number of hydrogen-bond acceptors (Lipinski definition) is 14. The normalized spacial score (nSPS) is 10.6. The first-order valence-corrected chi connectivity index (χ1v) is 22.1. The van der Waals surface area contributed by atoms with Crippen LogP contribution in [-0.2, 0) is 0 Å². The zero-order chi connectivity index (χ0) is 48.1. The third-order valence-electron chi connectivity index (χ3n) is 10.5. The number of hydrogen-bond donors (Lipinski definition) is 0. The number of methoxy groups -OCH3 is 4. The third kappa shape index (κ3) is 14.8. The first-order chi connectivity index (χ1) is 33.2. The monoisotopic (exact) mass is 926 g/mol. The van der Waals surface area contributed by atoms with Crippen molar-refractivity contribution in [3.8, 4) is 57.5 Å². The number of ether oxygens (including phenoxy) is 10. The topological polar surface area (TPSA) is 161 Å². The van der Waals surface area contributed by atoms with E-state index < -0.39 is 23.9 Å². The van der Waals surface area contributed by atoms with Gasteiger partial charge in [0.15, 0.2) is 0 Å². The molecule has 6 rings (SSSR count). The molecule has 0 spiro atoms. The summed E-state index contributed by atoms with van der Waals surface area (Å²) in [5, 5.41) is 0. The van der Waals surface area contributed by atoms with E-state index in [1.54, 1.807) is 126 Å². The number of esters is 4. The van der Waals surface area contributed by atoms with Gasteiger partial charge in [-0.15, -0.1) is 0 Å². The number of unbranched alkanes of at least 4 members (excludes halogenated alkanes) is 7. The summed E-state index contributed by atoms with van der Waals surface area (Å²) in [5.74, 6) is 1.70. The van der Waals surface area contributed by atoms with Crippen LogP contribution >= 0.6 is 0 Å². The molecule has 0 aromatic heterocycles. The lowest BCUT2D eigenvalue weighted by molar-refractivity contribution is 0.0715. The Kier molecular flexibility index (Phi) is 18.6. The maximum Gasteiger partial charge on any atom is 0.347 e. The van der Waals surface area contributed by atoms with Crippen molar-refractivity contribution in [2.45, 2.75) is 51.4 Å². The zero-order valence-corrected chi connectivity index (χ0v) is 38.5. The van der Waals surface area contributed by atoms with Crippen molar-refractivity contribution in [3.63, 3.8) is 0 Å². The van der Waals surface area contributed by atoms with Crippen LogP contribution in [0.1, 0.15) is 92.8 Å². The molecule has 0 saturated carbocycles. The molecule has 0 radical (unpaired) electrons. The molecule has 0 bridgehead atoms. The fourth-order valence-corrected chi connectivity index (χ4v) is 6.73. The van der Waals surface area contributed by atoms with Crippen LogP contribution in [0.4, 0.5) is 0 Å². The van der Waals surface area contributed by atoms with Gasteiger partial charge in [-0.05, 0) is 146 Å². The molecular weight excluding hydrogens is 873 g/mol. The predicted molar refractivity (Wildman–Crippen MR) is 253 cm³/mol. The maximum absolute atomic E-state index is 13.3. The van der Waals surface area contributed by atoms with E-state index >= 15 is 0 Å². The summed E-state index contributed by atoms with van der Waals surface area (Å²) in [4.78, 5) is 52.8. The largest absolute Gasteiger partial charge is 0.497 e. The molecule has 0 unspecified atom stereocenters. The van der Waals surface area contributed by atoms with E-state index in [2.05, 4.69) is 0 Å². The summed E-state index contributed by atoms with van der Waals surface area (Å²) >= 11 is 0. The van der Waals surface area contributed by atoms with Crippen molar-refractivity contribution in [2.24, 2.45) is 0 Å². The highest BCUT2D eigenvalue weighted by Crippen LogP contribution is 2.29. The van der Waals surface area contributed by atoms with Crippen molar-refractivity contribution < 1.29 is 66.5 Å². The molecule has 6 aromatic rings. The van der Waals surface area contributed by atoms with Gasteiger partial charge < -0.3 is 47.4 Å². The van der Waals surface area contributed by atoms with E-state index in [-0.39, 0.29) is 33.8 Å². The number of carbonyl (C=O) groups is 4. The molecule has 0 N–H and O–H groups in total. The Hall–Kier alpha value is -8.00. The lowest BCUT2D eigenvalue weighted by Gasteiger charge is -2.13. The van der Waals surface area contributed by atoms with Gasteiger partial charge in [-0.3, -0.25) is 0 Å². The van der Waals surface area contributed by atoms with Gasteiger partial charge in [0.25, 0.3) is 0 Å². The highest BCUT2D eigenvalue weighted by atomic mass is 16.6. The molecule has 0 aliphatic carbocycles. The van der Waals surface area contributed by atoms with Gasteiger partial charge in [0.05, 0.1) is 52.8 Å². The maximum atomic E-state index is 13.3. The van der Waals surface area contributed by atoms with Crippen LogP contribution in [0.25, 0.3) is 0 Å². The molecule has 0 fully saturated rings. The molecule has 0 saturated heterocycles. The van der Waals surface area contributed by atoms with E-state index in [0.717, 1.165) is 51.4 Å². The zero-order valence-electron chi connectivity index (χ0n) is 38.5. The van der Waals surface area contributed by atoms with Gasteiger partial charge in [0, 0.05) is 0 Å². The quantitative estimate of drug-likeness (QED) is 0.0303. The fraction of sp³-hybridized carbons (Fsp3) is 0.259. The molecular formula is C54H54O14. The summed E-state index contributed by atoms with van der Waals surface area (Å²) < 4.78 is 55.3. The summed E-state index contributed by atoms with van der Waals surface area (Å²) in [5.41, 5.74) is 0.730. The fourth-order valence-electron chi connectivity index (χ4n) is 6.73. The van der Waals surface area contributed by atoms with Crippen LogP contribution in [-0.4, -0.2) is 65.5 Å². The minimum atomic E-state index is -0.641. The minimum Gasteiger partial charge on any atom is -0.497 e. The predicted octanol–water partition coefficient (Wildman–Crippen LogP) is 11.2. The molecule has 0 heterocycles. The van der Waals surface area contributed by atoms with Crippen LogP contribution in [0.15, 0.2) is 133 Å². The Labute approximate surface area is 395 Å². The van der Waals surface area contributed by atoms with Crippen LogP contribution in [0.3, 0.4) is 0 Å². The van der Waals surface area contributed by atoms with Gasteiger partial charge in [-0.2, -0.15) is 0 Å². The lowest BCUT2D eigenvalue weighted by atomic mass is 10.1. The molecule has 14 nitrogen and oxygen atoms in total. The van der Waals surface area contributed by atoms with Gasteiger partial charge in [0.1, 0.15) is 68.6 Å². The summed E-state index contributed by atoms with van der Waals surface area (Å²) in [6.07, 6.45) is 7.17. The first kappa shape index (κ1) is 49.4. The van der Waals surface area contributed by atoms with E-state index in [4.69, 9.17) is 47.4 Å². The highest BCUT2D eigenvalue weighted by molar-refractivity contribution is 5.98. The van der Waals surface area contributed by atoms with Crippen molar-refractivity contribution in [3.05, 3.63) is 156 Å². The van der Waals surface area contributed by atoms with Crippen LogP contribution in [0.5, 0.6) is 57.5 Å². The second-order valence-electron chi connectivity index (χ2n) is 15.2. The SMILES string of the molecule is COc1ccc(OC(=O)c2ccc(C(=O)Oc3ccc(OC)cc3)c(OCCCCCCCCCCOc3cc(C(=O)Oc4ccc(OC)cc4)ccc3C(=O)Oc3ccc(OC)cc3)c2)cc1. The first-order valence-electron chi connectivity index (χ1n) is 22.1. The average Bonchev–Trinajstić information content (AvgIpc) is 3.37. The molecule has 14 heteroatoms. The lowest BCUT2D eigenvalue weighted by Crippen LogP contribution is -2.14. The standard InChI is InChI=1S/C54H54O14/c1-59-39-15-23-43(24-16-39)65-51(55)37-13-31-47(53(57)67-45-27-19-41(61-3)20-28-45)49(35-37)63-33-11-9-7-5-6-8-10-12-34-64-50-36-38(52(56)66-44-25-17-40(60-2)18-26-44)14-32-48(50)54(58)68-46-29-21-42(62-4)22-30-46/h13-32,35-36H,5-12,33-34H2,1-4H3. The Morgan fingerprint density at radius 1 is 0.309 bits per heavy atom. The van der Waals surface area contributed by atoms with E-state index in [1.807, 2.05) is 0 Å². The third-order valence-corrected chi connectivity index (χ3v) is 10.5. The number of benzene rings is 6. The summed E-state index contributed by atoms with van der Waals surface area (Å²) in [6.45, 7) is 0.625.